The zero-order chi connectivity index (χ0) is 12.7. The van der Waals surface area contributed by atoms with E-state index in [9.17, 15) is 4.79 Å². The van der Waals surface area contributed by atoms with Gasteiger partial charge in [-0.1, -0.05) is 46.4 Å². The molecule has 1 nitrogen and oxygen atoms in total. The molecule has 18 heavy (non-hydrogen) atoms. The van der Waals surface area contributed by atoms with Crippen molar-refractivity contribution in [3.63, 3.8) is 0 Å². The molecule has 2 aliphatic rings. The van der Waals surface area contributed by atoms with Gasteiger partial charge in [0.2, 0.25) is 0 Å². The first kappa shape index (κ1) is 12.7. The Bertz CT molecular complexity index is 473. The summed E-state index contributed by atoms with van der Waals surface area (Å²) in [4.78, 5) is 12.3. The molecule has 0 heterocycles. The van der Waals surface area contributed by atoms with Crippen LogP contribution in [-0.2, 0) is 11.2 Å². The molecule has 1 aromatic rings. The molecular formula is C15H16BrClO. The molecule has 2 saturated carbocycles. The van der Waals surface area contributed by atoms with E-state index < -0.39 is 0 Å². The molecule has 2 aliphatic carbocycles. The topological polar surface area (TPSA) is 17.1 Å². The zero-order valence-electron chi connectivity index (χ0n) is 10.2. The molecule has 3 rings (SSSR count). The quantitative estimate of drug-likeness (QED) is 0.789. The predicted molar refractivity (Wildman–Crippen MR) is 76.8 cm³/mol. The van der Waals surface area contributed by atoms with Crippen molar-refractivity contribution in [1.29, 1.82) is 0 Å². The van der Waals surface area contributed by atoms with Crippen LogP contribution in [0.25, 0.3) is 0 Å². The van der Waals surface area contributed by atoms with Crippen molar-refractivity contribution in [2.45, 2.75) is 32.1 Å². The van der Waals surface area contributed by atoms with E-state index in [1.54, 1.807) is 0 Å². The summed E-state index contributed by atoms with van der Waals surface area (Å²) in [6, 6.07) is 5.77. The van der Waals surface area contributed by atoms with Crippen molar-refractivity contribution in [2.24, 2.45) is 17.8 Å². The van der Waals surface area contributed by atoms with Crippen molar-refractivity contribution >= 4 is 33.3 Å². The van der Waals surface area contributed by atoms with Crippen LogP contribution in [0.4, 0.5) is 0 Å². The van der Waals surface area contributed by atoms with Crippen LogP contribution in [0.1, 0.15) is 31.2 Å². The van der Waals surface area contributed by atoms with Crippen LogP contribution in [0.3, 0.4) is 0 Å². The molecular weight excluding hydrogens is 312 g/mol. The summed E-state index contributed by atoms with van der Waals surface area (Å²) >= 11 is 9.55. The molecule has 96 valence electrons. The lowest BCUT2D eigenvalue weighted by molar-refractivity contribution is -0.120. The van der Waals surface area contributed by atoms with Gasteiger partial charge < -0.3 is 0 Å². The van der Waals surface area contributed by atoms with Crippen LogP contribution >= 0.6 is 27.5 Å². The Morgan fingerprint density at radius 3 is 2.56 bits per heavy atom. The van der Waals surface area contributed by atoms with Crippen molar-refractivity contribution < 1.29 is 4.79 Å². The Morgan fingerprint density at radius 1 is 1.28 bits per heavy atom. The van der Waals surface area contributed by atoms with Gasteiger partial charge in [0.15, 0.2) is 0 Å². The van der Waals surface area contributed by atoms with Crippen molar-refractivity contribution in [3.8, 4) is 0 Å². The first-order valence-corrected chi connectivity index (χ1v) is 7.80. The molecule has 3 heteroatoms. The van der Waals surface area contributed by atoms with E-state index in [0.717, 1.165) is 10.0 Å². The van der Waals surface area contributed by atoms with E-state index in [-0.39, 0.29) is 0 Å². The third-order valence-electron chi connectivity index (χ3n) is 4.41. The van der Waals surface area contributed by atoms with E-state index in [1.807, 2.05) is 18.2 Å². The zero-order valence-corrected chi connectivity index (χ0v) is 12.5. The van der Waals surface area contributed by atoms with Gasteiger partial charge in [-0.15, -0.1) is 0 Å². The summed E-state index contributed by atoms with van der Waals surface area (Å²) in [5, 5.41) is 0.696. The Morgan fingerprint density at radius 2 is 1.94 bits per heavy atom. The summed E-state index contributed by atoms with van der Waals surface area (Å²) in [5.41, 5.74) is 0.966. The maximum absolute atomic E-state index is 12.3. The lowest BCUT2D eigenvalue weighted by Crippen LogP contribution is -2.07. The second-order valence-electron chi connectivity index (χ2n) is 5.52. The maximum atomic E-state index is 12.3. The van der Waals surface area contributed by atoms with Gasteiger partial charge in [-0.2, -0.15) is 0 Å². The molecule has 0 radical (unpaired) electrons. The monoisotopic (exact) mass is 326 g/mol. The Labute approximate surface area is 121 Å². The number of fused-ring (bicyclic) bond motifs is 1. The number of carbonyl (C=O) groups excluding carboxylic acids is 1. The van der Waals surface area contributed by atoms with Crippen molar-refractivity contribution in [2.75, 3.05) is 0 Å². The molecule has 0 aromatic heterocycles. The molecule has 1 aromatic carbocycles. The summed E-state index contributed by atoms with van der Waals surface area (Å²) < 4.78 is 0.962. The van der Waals surface area contributed by atoms with Gasteiger partial charge in [-0.05, 0) is 42.4 Å². The van der Waals surface area contributed by atoms with E-state index in [1.165, 1.54) is 25.7 Å². The molecule has 2 unspecified atom stereocenters. The first-order chi connectivity index (χ1) is 8.66. The fourth-order valence-electron chi connectivity index (χ4n) is 3.44. The molecule has 0 amide bonds. The van der Waals surface area contributed by atoms with Gasteiger partial charge in [0.1, 0.15) is 5.78 Å². The number of carbonyl (C=O) groups is 1. The van der Waals surface area contributed by atoms with Gasteiger partial charge in [0.05, 0.1) is 0 Å². The van der Waals surface area contributed by atoms with Gasteiger partial charge in [-0.25, -0.2) is 0 Å². The van der Waals surface area contributed by atoms with Crippen LogP contribution in [0.2, 0.25) is 5.02 Å². The minimum absolute atomic E-state index is 0.340. The molecule has 0 N–H and O–H groups in total. The third kappa shape index (κ3) is 2.37. The smallest absolute Gasteiger partial charge is 0.140 e. The normalized spacial score (nSPS) is 29.8. The SMILES string of the molecule is O=C(Cc1ccc(Br)cc1Cl)C1C2CCCCC21. The number of hydrogen-bond donors (Lipinski definition) is 0. The Kier molecular flexibility index (Phi) is 3.50. The summed E-state index contributed by atoms with van der Waals surface area (Å²) in [7, 11) is 0. The number of halogens is 2. The van der Waals surface area contributed by atoms with Crippen LogP contribution in [0.5, 0.6) is 0 Å². The second-order valence-corrected chi connectivity index (χ2v) is 6.84. The number of Topliss-reactive ketones (excluding diaryl/α,β-unsaturated/α-hetero) is 1. The highest BCUT2D eigenvalue weighted by atomic mass is 79.9. The molecule has 2 atom stereocenters. The van der Waals surface area contributed by atoms with Gasteiger partial charge >= 0.3 is 0 Å². The third-order valence-corrected chi connectivity index (χ3v) is 5.25. The molecule has 0 saturated heterocycles. The van der Waals surface area contributed by atoms with E-state index in [2.05, 4.69) is 15.9 Å². The summed E-state index contributed by atoms with van der Waals surface area (Å²) in [6.07, 6.45) is 5.64. The van der Waals surface area contributed by atoms with Gasteiger partial charge in [-0.3, -0.25) is 4.79 Å². The number of hydrogen-bond acceptors (Lipinski definition) is 1. The fourth-order valence-corrected chi connectivity index (χ4v) is 4.18. The average molecular weight is 328 g/mol. The molecule has 2 fully saturated rings. The minimum atomic E-state index is 0.340. The summed E-state index contributed by atoms with van der Waals surface area (Å²) in [6.45, 7) is 0. The largest absolute Gasteiger partial charge is 0.299 e. The molecule has 0 bridgehead atoms. The highest BCUT2D eigenvalue weighted by Gasteiger charge is 2.53. The van der Waals surface area contributed by atoms with E-state index in [4.69, 9.17) is 11.6 Å². The minimum Gasteiger partial charge on any atom is -0.299 e. The van der Waals surface area contributed by atoms with Crippen molar-refractivity contribution in [3.05, 3.63) is 33.3 Å². The average Bonchev–Trinajstić information content (AvgIpc) is 3.07. The van der Waals surface area contributed by atoms with E-state index in [0.29, 0.717) is 35.0 Å². The second kappa shape index (κ2) is 4.97. The lowest BCUT2D eigenvalue weighted by atomic mass is 10.0. The van der Waals surface area contributed by atoms with Crippen LogP contribution in [0, 0.1) is 17.8 Å². The van der Waals surface area contributed by atoms with Gasteiger partial charge in [0, 0.05) is 21.8 Å². The standard InChI is InChI=1S/C15H16BrClO/c16-10-6-5-9(13(17)8-10)7-14(18)15-11-3-1-2-4-12(11)15/h5-6,8,11-12,15H,1-4,7H2. The van der Waals surface area contributed by atoms with E-state index >= 15 is 0 Å². The molecule has 0 aliphatic heterocycles. The Hall–Kier alpha value is -0.340. The lowest BCUT2D eigenvalue weighted by Gasteiger charge is -2.04. The first-order valence-electron chi connectivity index (χ1n) is 6.63. The van der Waals surface area contributed by atoms with Crippen LogP contribution in [-0.4, -0.2) is 5.78 Å². The number of ketones is 1. The summed E-state index contributed by atoms with van der Waals surface area (Å²) in [5.74, 6) is 2.13. The van der Waals surface area contributed by atoms with Crippen molar-refractivity contribution in [1.82, 2.24) is 0 Å². The van der Waals surface area contributed by atoms with Crippen LogP contribution < -0.4 is 0 Å². The highest BCUT2D eigenvalue weighted by Crippen LogP contribution is 2.56. The number of rotatable bonds is 3. The Balaban J connectivity index is 1.68. The predicted octanol–water partition coefficient (Wildman–Crippen LogP) is 4.65. The number of benzene rings is 1. The highest BCUT2D eigenvalue weighted by molar-refractivity contribution is 9.10. The molecule has 0 spiro atoms. The maximum Gasteiger partial charge on any atom is 0.140 e. The van der Waals surface area contributed by atoms with Crippen LogP contribution in [0.15, 0.2) is 22.7 Å². The van der Waals surface area contributed by atoms with Gasteiger partial charge in [0.25, 0.3) is 0 Å². The fraction of sp³-hybridized carbons (Fsp3) is 0.533.